The van der Waals surface area contributed by atoms with Crippen LogP contribution in [-0.2, 0) is 16.0 Å². The Hall–Kier alpha value is -3.93. The molecule has 6 heteroatoms. The van der Waals surface area contributed by atoms with Gasteiger partial charge in [-0.3, -0.25) is 9.59 Å². The Bertz CT molecular complexity index is 1190. The van der Waals surface area contributed by atoms with Crippen molar-refractivity contribution in [3.8, 4) is 0 Å². The van der Waals surface area contributed by atoms with Crippen LogP contribution in [0.25, 0.3) is 0 Å². The zero-order valence-electron chi connectivity index (χ0n) is 19.4. The second kappa shape index (κ2) is 10.3. The minimum absolute atomic E-state index is 0.105. The van der Waals surface area contributed by atoms with Gasteiger partial charge in [0.25, 0.3) is 11.8 Å². The third kappa shape index (κ3) is 5.01. The van der Waals surface area contributed by atoms with Crippen LogP contribution in [0.1, 0.15) is 57.7 Å². The Morgan fingerprint density at radius 2 is 1.56 bits per heavy atom. The summed E-state index contributed by atoms with van der Waals surface area (Å²) >= 11 is 0. The highest BCUT2D eigenvalue weighted by molar-refractivity contribution is 6.12. The number of hydrogen-bond acceptors (Lipinski definition) is 4. The van der Waals surface area contributed by atoms with Crippen molar-refractivity contribution in [3.05, 3.63) is 101 Å². The van der Waals surface area contributed by atoms with Crippen LogP contribution in [0, 0.1) is 0 Å². The van der Waals surface area contributed by atoms with E-state index in [0.717, 1.165) is 24.8 Å². The summed E-state index contributed by atoms with van der Waals surface area (Å²) in [6.07, 6.45) is 1.82. The van der Waals surface area contributed by atoms with Crippen molar-refractivity contribution in [3.63, 3.8) is 0 Å². The largest absolute Gasteiger partial charge is 0.449 e. The van der Waals surface area contributed by atoms with Gasteiger partial charge in [0, 0.05) is 12.7 Å². The van der Waals surface area contributed by atoms with Crippen molar-refractivity contribution in [1.82, 2.24) is 5.32 Å². The van der Waals surface area contributed by atoms with Crippen molar-refractivity contribution in [2.45, 2.75) is 38.3 Å². The second-order valence-electron chi connectivity index (χ2n) is 8.45. The van der Waals surface area contributed by atoms with Crippen LogP contribution in [0.5, 0.6) is 0 Å². The topological polar surface area (TPSA) is 75.7 Å². The van der Waals surface area contributed by atoms with Crippen molar-refractivity contribution in [2.24, 2.45) is 0 Å². The molecule has 0 saturated heterocycles. The molecule has 0 heterocycles. The number of rotatable bonds is 6. The van der Waals surface area contributed by atoms with E-state index < -0.39 is 12.1 Å². The molecule has 2 unspecified atom stereocenters. The van der Waals surface area contributed by atoms with Gasteiger partial charge in [-0.15, -0.1) is 0 Å². The highest BCUT2D eigenvalue weighted by Gasteiger charge is 2.27. The zero-order valence-corrected chi connectivity index (χ0v) is 19.4. The number of aryl methyl sites for hydroxylation is 1. The lowest BCUT2D eigenvalue weighted by Crippen LogP contribution is -2.39. The van der Waals surface area contributed by atoms with E-state index in [1.807, 2.05) is 48.5 Å². The molecule has 0 bridgehead atoms. The van der Waals surface area contributed by atoms with Gasteiger partial charge in [-0.1, -0.05) is 54.6 Å². The van der Waals surface area contributed by atoms with E-state index in [0.29, 0.717) is 5.69 Å². The third-order valence-corrected chi connectivity index (χ3v) is 6.16. The first kappa shape index (κ1) is 23.2. The van der Waals surface area contributed by atoms with Crippen LogP contribution < -0.4 is 10.2 Å². The molecule has 1 N–H and O–H groups in total. The highest BCUT2D eigenvalue weighted by atomic mass is 16.5. The van der Waals surface area contributed by atoms with E-state index >= 15 is 0 Å². The summed E-state index contributed by atoms with van der Waals surface area (Å²) in [6, 6.07) is 23.6. The van der Waals surface area contributed by atoms with Gasteiger partial charge in [-0.05, 0) is 61.6 Å². The zero-order chi connectivity index (χ0) is 24.1. The molecular weight excluding hydrogens is 428 g/mol. The van der Waals surface area contributed by atoms with Crippen molar-refractivity contribution >= 4 is 23.5 Å². The molecule has 4 rings (SSSR count). The lowest BCUT2D eigenvalue weighted by atomic mass is 9.87. The van der Waals surface area contributed by atoms with E-state index in [4.69, 9.17) is 4.74 Å². The summed E-state index contributed by atoms with van der Waals surface area (Å²) in [6.45, 7) is 1.54. The molecule has 0 fully saturated rings. The highest BCUT2D eigenvalue weighted by Crippen LogP contribution is 2.29. The summed E-state index contributed by atoms with van der Waals surface area (Å²) in [5.74, 6) is -1.41. The van der Waals surface area contributed by atoms with E-state index in [1.54, 1.807) is 32.2 Å². The molecule has 174 valence electrons. The Kier molecular flexibility index (Phi) is 7.07. The van der Waals surface area contributed by atoms with Gasteiger partial charge in [0.2, 0.25) is 0 Å². The first-order valence-electron chi connectivity index (χ1n) is 11.5. The number of fused-ring (bicyclic) bond motifs is 1. The molecule has 6 nitrogen and oxygen atoms in total. The maximum Gasteiger partial charge on any atom is 0.339 e. The van der Waals surface area contributed by atoms with Crippen molar-refractivity contribution < 1.29 is 19.1 Å². The molecule has 0 aromatic heterocycles. The van der Waals surface area contributed by atoms with Crippen LogP contribution in [0.4, 0.5) is 5.69 Å². The molecule has 2 atom stereocenters. The molecule has 0 radical (unpaired) electrons. The van der Waals surface area contributed by atoms with Gasteiger partial charge in [-0.2, -0.15) is 0 Å². The maximum atomic E-state index is 13.1. The van der Waals surface area contributed by atoms with Gasteiger partial charge in [0.05, 0.1) is 17.2 Å². The van der Waals surface area contributed by atoms with Gasteiger partial charge in [0.1, 0.15) is 0 Å². The van der Waals surface area contributed by atoms with E-state index in [9.17, 15) is 14.4 Å². The van der Waals surface area contributed by atoms with E-state index in [2.05, 4.69) is 11.4 Å². The number of hydrogen-bond donors (Lipinski definition) is 1. The number of benzene rings is 3. The molecule has 3 aromatic rings. The van der Waals surface area contributed by atoms with Gasteiger partial charge < -0.3 is 15.0 Å². The summed E-state index contributed by atoms with van der Waals surface area (Å²) in [4.78, 5) is 40.4. The number of carbonyl (C=O) groups excluding carboxylic acids is 3. The second-order valence-corrected chi connectivity index (χ2v) is 8.45. The van der Waals surface area contributed by atoms with Crippen LogP contribution in [-0.4, -0.2) is 30.9 Å². The molecule has 1 aliphatic rings. The number of esters is 1. The Morgan fingerprint density at radius 1 is 0.912 bits per heavy atom. The maximum absolute atomic E-state index is 13.1. The van der Waals surface area contributed by atoms with Crippen LogP contribution in [0.2, 0.25) is 0 Å². The Morgan fingerprint density at radius 3 is 2.32 bits per heavy atom. The minimum atomic E-state index is -1.00. The average Bonchev–Trinajstić information content (AvgIpc) is 2.88. The van der Waals surface area contributed by atoms with Crippen molar-refractivity contribution in [1.29, 1.82) is 0 Å². The quantitative estimate of drug-likeness (QED) is 0.546. The molecule has 0 aliphatic heterocycles. The fourth-order valence-corrected chi connectivity index (χ4v) is 4.27. The molecule has 2 amide bonds. The van der Waals surface area contributed by atoms with Gasteiger partial charge in [0.15, 0.2) is 6.10 Å². The third-order valence-electron chi connectivity index (χ3n) is 6.16. The predicted molar refractivity (Wildman–Crippen MR) is 131 cm³/mol. The predicted octanol–water partition coefficient (Wildman–Crippen LogP) is 4.70. The number of amides is 2. The van der Waals surface area contributed by atoms with Gasteiger partial charge in [-0.25, -0.2) is 4.79 Å². The van der Waals surface area contributed by atoms with E-state index in [1.165, 1.54) is 16.5 Å². The lowest BCUT2D eigenvalue weighted by Gasteiger charge is -2.27. The molecule has 34 heavy (non-hydrogen) atoms. The molecule has 1 aliphatic carbocycles. The smallest absolute Gasteiger partial charge is 0.339 e. The molecule has 3 aromatic carbocycles. The SMILES string of the molecule is CC(OC(=O)c1ccccc1C(=O)N(C)c1ccccc1)C(=O)NC1CCCc2ccccc21. The molecular formula is C28H28N2O4. The lowest BCUT2D eigenvalue weighted by molar-refractivity contribution is -0.130. The van der Waals surface area contributed by atoms with Crippen molar-refractivity contribution in [2.75, 3.05) is 11.9 Å². The van der Waals surface area contributed by atoms with Crippen LogP contribution in [0.15, 0.2) is 78.9 Å². The fourth-order valence-electron chi connectivity index (χ4n) is 4.27. The summed E-state index contributed by atoms with van der Waals surface area (Å²) in [5, 5.41) is 3.02. The number of para-hydroxylation sites is 1. The first-order valence-corrected chi connectivity index (χ1v) is 11.5. The minimum Gasteiger partial charge on any atom is -0.449 e. The van der Waals surface area contributed by atoms with E-state index in [-0.39, 0.29) is 29.0 Å². The summed E-state index contributed by atoms with van der Waals surface area (Å²) in [7, 11) is 1.65. The number of nitrogens with zero attached hydrogens (tertiary/aromatic N) is 1. The normalized spacial score (nSPS) is 15.5. The van der Waals surface area contributed by atoms with Gasteiger partial charge >= 0.3 is 5.97 Å². The number of ether oxygens (including phenoxy) is 1. The van der Waals surface area contributed by atoms with Crippen LogP contribution >= 0.6 is 0 Å². The Balaban J connectivity index is 1.45. The number of anilines is 1. The average molecular weight is 457 g/mol. The summed E-state index contributed by atoms with van der Waals surface area (Å²) < 4.78 is 5.48. The molecule has 0 saturated carbocycles. The monoisotopic (exact) mass is 456 g/mol. The summed E-state index contributed by atoms with van der Waals surface area (Å²) in [5.41, 5.74) is 3.39. The number of nitrogens with one attached hydrogen (secondary N) is 1. The molecule has 0 spiro atoms. The van der Waals surface area contributed by atoms with Crippen LogP contribution in [0.3, 0.4) is 0 Å². The Labute approximate surface area is 199 Å². The standard InChI is InChI=1S/C28H28N2O4/c1-19(26(31)29-25-18-10-12-20-11-6-7-15-22(20)25)34-28(33)24-17-9-8-16-23(24)27(32)30(2)21-13-4-3-5-14-21/h3-9,11,13-17,19,25H,10,12,18H2,1-2H3,(H,29,31). The fraction of sp³-hybridized carbons (Fsp3) is 0.250. The number of carbonyl (C=O) groups is 3. The first-order chi connectivity index (χ1) is 16.5.